The Morgan fingerprint density at radius 3 is 1.86 bits per heavy atom. The van der Waals surface area contributed by atoms with Gasteiger partial charge < -0.3 is 0 Å². The van der Waals surface area contributed by atoms with Gasteiger partial charge in [0.15, 0.2) is 0 Å². The van der Waals surface area contributed by atoms with E-state index < -0.39 is 0 Å². The van der Waals surface area contributed by atoms with E-state index >= 15 is 0 Å². The summed E-state index contributed by atoms with van der Waals surface area (Å²) >= 11 is 0. The highest BCUT2D eigenvalue weighted by Gasteiger charge is 2.64. The van der Waals surface area contributed by atoms with E-state index in [1.54, 1.807) is 0 Å². The average molecular weight is 194 g/mol. The van der Waals surface area contributed by atoms with Crippen molar-refractivity contribution in [1.29, 1.82) is 0 Å². The van der Waals surface area contributed by atoms with E-state index in [2.05, 4.69) is 41.5 Å². The van der Waals surface area contributed by atoms with Crippen molar-refractivity contribution in [3.05, 3.63) is 0 Å². The van der Waals surface area contributed by atoms with Crippen molar-refractivity contribution in [2.75, 3.05) is 0 Å². The summed E-state index contributed by atoms with van der Waals surface area (Å²) < 4.78 is 0. The van der Waals surface area contributed by atoms with Crippen molar-refractivity contribution < 1.29 is 0 Å². The molecule has 0 saturated heterocycles. The Morgan fingerprint density at radius 2 is 1.43 bits per heavy atom. The Bertz CT molecular complexity index is 217. The predicted octanol–water partition coefficient (Wildman–Crippen LogP) is 4.21. The Labute approximate surface area is 89.5 Å². The van der Waals surface area contributed by atoms with Crippen LogP contribution < -0.4 is 0 Å². The fourth-order valence-electron chi connectivity index (χ4n) is 4.62. The van der Waals surface area contributed by atoms with Crippen LogP contribution in [0.1, 0.15) is 48.0 Å². The summed E-state index contributed by atoms with van der Waals surface area (Å²) in [6.07, 6.45) is 1.40. The van der Waals surface area contributed by atoms with E-state index in [4.69, 9.17) is 0 Å². The summed E-state index contributed by atoms with van der Waals surface area (Å²) in [7, 11) is 0. The van der Waals surface area contributed by atoms with Crippen LogP contribution in [0.15, 0.2) is 0 Å². The molecule has 0 N–H and O–H groups in total. The van der Waals surface area contributed by atoms with Crippen LogP contribution in [0.3, 0.4) is 0 Å². The maximum atomic E-state index is 2.47. The summed E-state index contributed by atoms with van der Waals surface area (Å²) in [5, 5.41) is 0. The molecule has 0 aliphatic heterocycles. The third kappa shape index (κ3) is 1.12. The van der Waals surface area contributed by atoms with Crippen LogP contribution in [0, 0.1) is 40.9 Å². The van der Waals surface area contributed by atoms with Gasteiger partial charge in [-0.15, -0.1) is 0 Å². The van der Waals surface area contributed by atoms with Crippen LogP contribution in [0.4, 0.5) is 0 Å². The van der Waals surface area contributed by atoms with Crippen LogP contribution in [0.5, 0.6) is 0 Å². The Morgan fingerprint density at radius 1 is 0.929 bits per heavy atom. The van der Waals surface area contributed by atoms with E-state index in [1.807, 2.05) is 0 Å². The lowest BCUT2D eigenvalue weighted by Gasteiger charge is -2.70. The van der Waals surface area contributed by atoms with Gasteiger partial charge in [0.05, 0.1) is 0 Å². The van der Waals surface area contributed by atoms with Gasteiger partial charge in [0.2, 0.25) is 0 Å². The van der Waals surface area contributed by atoms with E-state index in [9.17, 15) is 0 Å². The highest BCUT2D eigenvalue weighted by atomic mass is 14.7. The first-order chi connectivity index (χ1) is 6.39. The zero-order valence-electron chi connectivity index (χ0n) is 10.7. The smallest absolute Gasteiger partial charge is 0.0300 e. The second-order valence-electron chi connectivity index (χ2n) is 6.84. The van der Waals surface area contributed by atoms with Crippen LogP contribution in [-0.2, 0) is 0 Å². The number of hydrogen-bond donors (Lipinski definition) is 0. The maximum Gasteiger partial charge on any atom is -0.0300 e. The van der Waals surface area contributed by atoms with E-state index in [0.717, 1.165) is 35.5 Å². The lowest BCUT2D eigenvalue weighted by molar-refractivity contribution is -0.226. The number of fused-ring (bicyclic) bond motifs is 1. The van der Waals surface area contributed by atoms with Crippen LogP contribution >= 0.6 is 0 Å². The van der Waals surface area contributed by atoms with Gasteiger partial charge in [-0.05, 0) is 40.9 Å². The molecule has 2 aliphatic rings. The Kier molecular flexibility index (Phi) is 2.25. The number of hydrogen-bond acceptors (Lipinski definition) is 0. The van der Waals surface area contributed by atoms with Crippen molar-refractivity contribution in [1.82, 2.24) is 0 Å². The zero-order chi connectivity index (χ0) is 10.7. The van der Waals surface area contributed by atoms with Gasteiger partial charge in [0, 0.05) is 0 Å². The van der Waals surface area contributed by atoms with Crippen molar-refractivity contribution in [3.8, 4) is 0 Å². The lowest BCUT2D eigenvalue weighted by Crippen LogP contribution is -2.65. The molecule has 0 amide bonds. The normalized spacial score (nSPS) is 51.9. The second-order valence-corrected chi connectivity index (χ2v) is 6.84. The lowest BCUT2D eigenvalue weighted by atomic mass is 9.35. The molecule has 0 aromatic heterocycles. The molecule has 2 aliphatic carbocycles. The predicted molar refractivity (Wildman–Crippen MR) is 62.0 cm³/mol. The fourth-order valence-corrected chi connectivity index (χ4v) is 4.62. The van der Waals surface area contributed by atoms with Crippen molar-refractivity contribution in [2.24, 2.45) is 40.9 Å². The largest absolute Gasteiger partial charge is 0.0651 e. The van der Waals surface area contributed by atoms with Crippen molar-refractivity contribution in [3.63, 3.8) is 0 Å². The molecular formula is C14H26. The molecule has 2 fully saturated rings. The fraction of sp³-hybridized carbons (Fsp3) is 1.00. The molecule has 14 heavy (non-hydrogen) atoms. The van der Waals surface area contributed by atoms with E-state index in [0.29, 0.717) is 5.41 Å². The molecule has 0 aromatic rings. The molecule has 0 heteroatoms. The van der Waals surface area contributed by atoms with Crippen LogP contribution in [-0.4, -0.2) is 0 Å². The minimum Gasteiger partial charge on any atom is -0.0651 e. The summed E-state index contributed by atoms with van der Waals surface area (Å²) in [6.45, 7) is 14.6. The number of rotatable bonds is 1. The molecular weight excluding hydrogens is 168 g/mol. The maximum absolute atomic E-state index is 2.47. The summed E-state index contributed by atoms with van der Waals surface area (Å²) in [6, 6.07) is 0. The molecule has 0 bridgehead atoms. The van der Waals surface area contributed by atoms with Gasteiger partial charge in [-0.1, -0.05) is 48.0 Å². The minimum atomic E-state index is 0.538. The third-order valence-electron chi connectivity index (χ3n) is 5.33. The summed E-state index contributed by atoms with van der Waals surface area (Å²) in [5.41, 5.74) is 0.538. The first-order valence-corrected chi connectivity index (χ1v) is 6.39. The molecule has 0 aromatic carbocycles. The Hall–Kier alpha value is 0. The molecule has 2 saturated carbocycles. The van der Waals surface area contributed by atoms with E-state index in [-0.39, 0.29) is 0 Å². The molecule has 0 heterocycles. The van der Waals surface area contributed by atoms with Gasteiger partial charge in [-0.25, -0.2) is 0 Å². The van der Waals surface area contributed by atoms with E-state index in [1.165, 1.54) is 6.42 Å². The van der Waals surface area contributed by atoms with Gasteiger partial charge in [-0.3, -0.25) is 0 Å². The zero-order valence-corrected chi connectivity index (χ0v) is 10.7. The SMILES string of the molecule is CCC1C2C(C)C(C)C2C1C(C)(C)C. The molecule has 2 rings (SSSR count). The highest BCUT2D eigenvalue weighted by molar-refractivity contribution is 5.11. The van der Waals surface area contributed by atoms with Crippen molar-refractivity contribution >= 4 is 0 Å². The molecule has 0 radical (unpaired) electrons. The molecule has 0 nitrogen and oxygen atoms in total. The Balaban J connectivity index is 2.13. The second kappa shape index (κ2) is 3.00. The van der Waals surface area contributed by atoms with Gasteiger partial charge in [-0.2, -0.15) is 0 Å². The standard InChI is InChI=1S/C14H26/c1-7-10-11-8(2)9(3)12(11)13(10)14(4,5)6/h8-13H,7H2,1-6H3. The monoisotopic (exact) mass is 194 g/mol. The minimum absolute atomic E-state index is 0.538. The first-order valence-electron chi connectivity index (χ1n) is 6.39. The van der Waals surface area contributed by atoms with Crippen molar-refractivity contribution in [2.45, 2.75) is 48.0 Å². The van der Waals surface area contributed by atoms with Crippen LogP contribution in [0.25, 0.3) is 0 Å². The highest BCUT2D eigenvalue weighted by Crippen LogP contribution is 2.69. The average Bonchev–Trinajstić information content (AvgIpc) is 2.01. The van der Waals surface area contributed by atoms with Gasteiger partial charge in [0.1, 0.15) is 0 Å². The molecule has 82 valence electrons. The molecule has 0 spiro atoms. The van der Waals surface area contributed by atoms with Crippen LogP contribution in [0.2, 0.25) is 0 Å². The summed E-state index contributed by atoms with van der Waals surface area (Å²) in [5.74, 6) is 6.18. The quantitative estimate of drug-likeness (QED) is 0.586. The summed E-state index contributed by atoms with van der Waals surface area (Å²) in [4.78, 5) is 0. The molecule has 6 atom stereocenters. The molecule has 6 unspecified atom stereocenters. The van der Waals surface area contributed by atoms with Gasteiger partial charge >= 0.3 is 0 Å². The topological polar surface area (TPSA) is 0 Å². The first kappa shape index (κ1) is 10.5. The third-order valence-corrected chi connectivity index (χ3v) is 5.33. The van der Waals surface area contributed by atoms with Gasteiger partial charge in [0.25, 0.3) is 0 Å².